The monoisotopic (exact) mass is 321 g/mol. The van der Waals surface area contributed by atoms with Crippen molar-refractivity contribution in [1.29, 1.82) is 0 Å². The number of aryl methyl sites for hydroxylation is 1. The summed E-state index contributed by atoms with van der Waals surface area (Å²) in [6.45, 7) is 2.06. The molecule has 1 heterocycles. The Bertz CT molecular complexity index is 745. The molecule has 0 saturated heterocycles. The third-order valence-electron chi connectivity index (χ3n) is 5.12. The van der Waals surface area contributed by atoms with Gasteiger partial charge < -0.3 is 10.1 Å². The Morgan fingerprint density at radius 2 is 1.83 bits per heavy atom. The van der Waals surface area contributed by atoms with Crippen molar-refractivity contribution in [3.05, 3.63) is 59.2 Å². The topological polar surface area (TPSA) is 38.3 Å². The Hall–Kier alpha value is -2.29. The van der Waals surface area contributed by atoms with Crippen LogP contribution in [0.1, 0.15) is 48.3 Å². The molecule has 124 valence electrons. The number of anilines is 1. The van der Waals surface area contributed by atoms with E-state index in [0.717, 1.165) is 23.4 Å². The highest BCUT2D eigenvalue weighted by Gasteiger charge is 2.30. The van der Waals surface area contributed by atoms with Gasteiger partial charge in [0.15, 0.2) is 0 Å². The standard InChI is InChI=1S/C21H23NO2/c1-14-6-11-20-18(12-14)19(21(23)22-20)13-15-7-9-17(10-8-15)24-16-4-2-3-5-16/h6-12,16,19H,2-5,13H2,1H3,(H,22,23)/t19-/m0/s1. The van der Waals surface area contributed by atoms with E-state index in [1.807, 2.05) is 24.3 Å². The molecule has 3 heteroatoms. The lowest BCUT2D eigenvalue weighted by atomic mass is 9.92. The van der Waals surface area contributed by atoms with Gasteiger partial charge in [0.05, 0.1) is 12.0 Å². The van der Waals surface area contributed by atoms with Gasteiger partial charge in [0.2, 0.25) is 5.91 Å². The minimum absolute atomic E-state index is 0.0958. The van der Waals surface area contributed by atoms with Crippen molar-refractivity contribution in [1.82, 2.24) is 0 Å². The van der Waals surface area contributed by atoms with Gasteiger partial charge in [-0.15, -0.1) is 0 Å². The van der Waals surface area contributed by atoms with E-state index in [2.05, 4.69) is 30.4 Å². The first-order valence-electron chi connectivity index (χ1n) is 8.86. The molecule has 1 saturated carbocycles. The Morgan fingerprint density at radius 1 is 1.08 bits per heavy atom. The molecule has 3 nitrogen and oxygen atoms in total. The Balaban J connectivity index is 1.47. The number of rotatable bonds is 4. The summed E-state index contributed by atoms with van der Waals surface area (Å²) in [7, 11) is 0. The van der Waals surface area contributed by atoms with Crippen LogP contribution in [-0.4, -0.2) is 12.0 Å². The van der Waals surface area contributed by atoms with Crippen LogP contribution >= 0.6 is 0 Å². The number of ether oxygens (including phenoxy) is 1. The highest BCUT2D eigenvalue weighted by molar-refractivity contribution is 6.03. The largest absolute Gasteiger partial charge is 0.490 e. The third-order valence-corrected chi connectivity index (χ3v) is 5.12. The lowest BCUT2D eigenvalue weighted by molar-refractivity contribution is -0.117. The second kappa shape index (κ2) is 6.31. The zero-order valence-corrected chi connectivity index (χ0v) is 14.0. The van der Waals surface area contributed by atoms with E-state index in [1.165, 1.54) is 36.8 Å². The van der Waals surface area contributed by atoms with Gasteiger partial charge in [-0.2, -0.15) is 0 Å². The number of carbonyl (C=O) groups is 1. The number of benzene rings is 2. The van der Waals surface area contributed by atoms with Crippen LogP contribution in [0, 0.1) is 6.92 Å². The molecule has 0 aromatic heterocycles. The molecule has 1 aliphatic carbocycles. The molecule has 0 radical (unpaired) electrons. The van der Waals surface area contributed by atoms with E-state index in [0.29, 0.717) is 6.10 Å². The number of nitrogens with one attached hydrogen (secondary N) is 1. The Morgan fingerprint density at radius 3 is 2.58 bits per heavy atom. The van der Waals surface area contributed by atoms with Crippen LogP contribution in [-0.2, 0) is 11.2 Å². The summed E-state index contributed by atoms with van der Waals surface area (Å²) < 4.78 is 6.01. The lowest BCUT2D eigenvalue weighted by Gasteiger charge is -2.14. The van der Waals surface area contributed by atoms with Crippen LogP contribution in [0.15, 0.2) is 42.5 Å². The number of carbonyl (C=O) groups excluding carboxylic acids is 1. The highest BCUT2D eigenvalue weighted by atomic mass is 16.5. The normalized spacial score (nSPS) is 20.0. The first-order chi connectivity index (χ1) is 11.7. The molecule has 4 rings (SSSR count). The number of amides is 1. The SMILES string of the molecule is Cc1ccc2c(c1)[C@H](Cc1ccc(OC3CCCC3)cc1)C(=O)N2. The molecular formula is C21H23NO2. The van der Waals surface area contributed by atoms with Crippen LogP contribution in [0.25, 0.3) is 0 Å². The molecule has 1 aliphatic heterocycles. The van der Waals surface area contributed by atoms with Crippen molar-refractivity contribution >= 4 is 11.6 Å². The van der Waals surface area contributed by atoms with Gasteiger partial charge >= 0.3 is 0 Å². The molecular weight excluding hydrogens is 298 g/mol. The lowest BCUT2D eigenvalue weighted by Crippen LogP contribution is -2.14. The number of fused-ring (bicyclic) bond motifs is 1. The summed E-state index contributed by atoms with van der Waals surface area (Å²) >= 11 is 0. The zero-order chi connectivity index (χ0) is 16.5. The minimum atomic E-state index is -0.0958. The van der Waals surface area contributed by atoms with Gasteiger partial charge in [-0.05, 0) is 68.4 Å². The molecule has 1 N–H and O–H groups in total. The summed E-state index contributed by atoms with van der Waals surface area (Å²) in [6.07, 6.45) is 5.99. The average Bonchev–Trinajstić information content (AvgIpc) is 3.18. The molecule has 1 fully saturated rings. The molecule has 0 unspecified atom stereocenters. The third kappa shape index (κ3) is 3.03. The molecule has 0 spiro atoms. The molecule has 2 aromatic carbocycles. The van der Waals surface area contributed by atoms with Crippen molar-refractivity contribution in [2.24, 2.45) is 0 Å². The fourth-order valence-corrected chi connectivity index (χ4v) is 3.79. The average molecular weight is 321 g/mol. The van der Waals surface area contributed by atoms with Gasteiger partial charge in [0.25, 0.3) is 0 Å². The smallest absolute Gasteiger partial charge is 0.232 e. The van der Waals surface area contributed by atoms with Gasteiger partial charge in [-0.3, -0.25) is 4.79 Å². The molecule has 1 atom stereocenters. The van der Waals surface area contributed by atoms with Gasteiger partial charge in [-0.25, -0.2) is 0 Å². The van der Waals surface area contributed by atoms with Crippen molar-refractivity contribution in [2.75, 3.05) is 5.32 Å². The molecule has 24 heavy (non-hydrogen) atoms. The fraction of sp³-hybridized carbons (Fsp3) is 0.381. The zero-order valence-electron chi connectivity index (χ0n) is 14.0. The van der Waals surface area contributed by atoms with E-state index in [-0.39, 0.29) is 11.8 Å². The first kappa shape index (κ1) is 15.3. The van der Waals surface area contributed by atoms with Gasteiger partial charge in [0.1, 0.15) is 5.75 Å². The van der Waals surface area contributed by atoms with Gasteiger partial charge in [-0.1, -0.05) is 29.8 Å². The van der Waals surface area contributed by atoms with Crippen LogP contribution in [0.4, 0.5) is 5.69 Å². The maximum absolute atomic E-state index is 12.3. The van der Waals surface area contributed by atoms with Crippen molar-refractivity contribution in [2.45, 2.75) is 51.0 Å². The predicted molar refractivity (Wildman–Crippen MR) is 95.6 cm³/mol. The van der Waals surface area contributed by atoms with E-state index in [4.69, 9.17) is 4.74 Å². The Kier molecular flexibility index (Phi) is 4.01. The predicted octanol–water partition coefficient (Wildman–Crippen LogP) is 4.59. The van der Waals surface area contributed by atoms with Crippen molar-refractivity contribution < 1.29 is 9.53 Å². The second-order valence-electron chi connectivity index (χ2n) is 7.00. The van der Waals surface area contributed by atoms with E-state index in [9.17, 15) is 4.79 Å². The summed E-state index contributed by atoms with van der Waals surface area (Å²) in [5, 5.41) is 2.99. The van der Waals surface area contributed by atoms with Crippen LogP contribution in [0.5, 0.6) is 5.75 Å². The first-order valence-corrected chi connectivity index (χ1v) is 8.86. The van der Waals surface area contributed by atoms with E-state index >= 15 is 0 Å². The molecule has 1 amide bonds. The maximum atomic E-state index is 12.3. The van der Waals surface area contributed by atoms with Crippen molar-refractivity contribution in [3.63, 3.8) is 0 Å². The fourth-order valence-electron chi connectivity index (χ4n) is 3.79. The van der Waals surface area contributed by atoms with E-state index in [1.54, 1.807) is 0 Å². The number of hydrogen-bond acceptors (Lipinski definition) is 2. The summed E-state index contributed by atoms with van der Waals surface area (Å²) in [5.41, 5.74) is 4.43. The second-order valence-corrected chi connectivity index (χ2v) is 7.00. The van der Waals surface area contributed by atoms with Crippen LogP contribution in [0.3, 0.4) is 0 Å². The molecule has 0 bridgehead atoms. The summed E-state index contributed by atoms with van der Waals surface area (Å²) in [6, 6.07) is 14.4. The molecule has 2 aromatic rings. The van der Waals surface area contributed by atoms with E-state index < -0.39 is 0 Å². The quantitative estimate of drug-likeness (QED) is 0.894. The summed E-state index contributed by atoms with van der Waals surface area (Å²) in [5.74, 6) is 0.946. The van der Waals surface area contributed by atoms with Gasteiger partial charge in [0, 0.05) is 5.69 Å². The van der Waals surface area contributed by atoms with Crippen LogP contribution < -0.4 is 10.1 Å². The van der Waals surface area contributed by atoms with Crippen molar-refractivity contribution in [3.8, 4) is 5.75 Å². The Labute approximate surface area is 143 Å². The maximum Gasteiger partial charge on any atom is 0.232 e. The minimum Gasteiger partial charge on any atom is -0.490 e. The highest BCUT2D eigenvalue weighted by Crippen LogP contribution is 2.35. The summed E-state index contributed by atoms with van der Waals surface area (Å²) in [4.78, 5) is 12.3. The van der Waals surface area contributed by atoms with Crippen LogP contribution in [0.2, 0.25) is 0 Å². The molecule has 2 aliphatic rings. The number of hydrogen-bond donors (Lipinski definition) is 1.